The first-order valence-corrected chi connectivity index (χ1v) is 3.27. The summed E-state index contributed by atoms with van der Waals surface area (Å²) in [7, 11) is 0. The van der Waals surface area contributed by atoms with Crippen molar-refractivity contribution in [2.45, 2.75) is 0 Å². The van der Waals surface area contributed by atoms with E-state index in [-0.39, 0.29) is 15.7 Å². The van der Waals surface area contributed by atoms with Crippen molar-refractivity contribution in [3.63, 3.8) is 0 Å². The van der Waals surface area contributed by atoms with Gasteiger partial charge in [0.15, 0.2) is 0 Å². The minimum Gasteiger partial charge on any atom is -0.397 e. The summed E-state index contributed by atoms with van der Waals surface area (Å²) in [6.07, 6.45) is 0. The van der Waals surface area contributed by atoms with Crippen LogP contribution in [0.5, 0.6) is 0 Å². The maximum absolute atomic E-state index is 12.4. The second-order valence-corrected chi connectivity index (χ2v) is 2.58. The van der Waals surface area contributed by atoms with Crippen LogP contribution < -0.4 is 5.73 Å². The third-order valence-electron chi connectivity index (χ3n) is 1.02. The zero-order chi connectivity index (χ0) is 7.72. The fourth-order valence-corrected chi connectivity index (χ4v) is 0.898. The molecule has 1 aromatic carbocycles. The van der Waals surface area contributed by atoms with E-state index in [1.165, 1.54) is 0 Å². The van der Waals surface area contributed by atoms with Crippen LogP contribution in [-0.4, -0.2) is 0 Å². The Kier molecular flexibility index (Phi) is 2.02. The predicted octanol–water partition coefficient (Wildman–Crippen LogP) is 2.71. The number of hydrogen-bond donors (Lipinski definition) is 1. The molecule has 54 valence electrons. The first-order chi connectivity index (χ1) is 4.61. The van der Waals surface area contributed by atoms with Crippen molar-refractivity contribution in [2.24, 2.45) is 0 Å². The largest absolute Gasteiger partial charge is 0.397 e. The third-order valence-corrected chi connectivity index (χ3v) is 1.84. The Morgan fingerprint density at radius 3 is 2.40 bits per heavy atom. The van der Waals surface area contributed by atoms with Gasteiger partial charge in [0.1, 0.15) is 5.82 Å². The number of nitrogen functional groups attached to an aromatic ring is 1. The number of benzene rings is 1. The minimum atomic E-state index is -0.480. The molecule has 0 radical (unpaired) electrons. The van der Waals surface area contributed by atoms with Gasteiger partial charge in [-0.25, -0.2) is 4.39 Å². The molecule has 0 unspecified atom stereocenters. The zero-order valence-electron chi connectivity index (χ0n) is 4.87. The molecular formula is C6H4Cl2FN. The van der Waals surface area contributed by atoms with Crippen LogP contribution in [0.3, 0.4) is 0 Å². The zero-order valence-corrected chi connectivity index (χ0v) is 6.38. The molecule has 0 spiro atoms. The van der Waals surface area contributed by atoms with Crippen LogP contribution in [0.25, 0.3) is 0 Å². The van der Waals surface area contributed by atoms with E-state index in [2.05, 4.69) is 0 Å². The highest BCUT2D eigenvalue weighted by Gasteiger charge is 2.03. The van der Waals surface area contributed by atoms with Gasteiger partial charge < -0.3 is 5.73 Å². The smallest absolute Gasteiger partial charge is 0.126 e. The normalized spacial score (nSPS) is 9.90. The summed E-state index contributed by atoms with van der Waals surface area (Å²) in [4.78, 5) is 0. The van der Waals surface area contributed by atoms with Gasteiger partial charge in [-0.15, -0.1) is 0 Å². The molecule has 0 amide bonds. The fourth-order valence-electron chi connectivity index (χ4n) is 0.576. The van der Waals surface area contributed by atoms with Crippen molar-refractivity contribution >= 4 is 28.9 Å². The highest BCUT2D eigenvalue weighted by atomic mass is 35.5. The molecule has 0 aromatic heterocycles. The number of anilines is 1. The molecule has 1 rings (SSSR count). The Morgan fingerprint density at radius 1 is 1.30 bits per heavy atom. The quantitative estimate of drug-likeness (QED) is 0.482. The van der Waals surface area contributed by atoms with E-state index >= 15 is 0 Å². The van der Waals surface area contributed by atoms with E-state index in [9.17, 15) is 4.39 Å². The van der Waals surface area contributed by atoms with Gasteiger partial charge in [-0.1, -0.05) is 23.2 Å². The standard InChI is InChI=1S/C6H4Cl2FN/c7-4-1-3(9)2-5(10)6(4)8/h1-2H,10H2. The Morgan fingerprint density at radius 2 is 1.90 bits per heavy atom. The lowest BCUT2D eigenvalue weighted by Gasteiger charge is -1.98. The molecule has 0 heterocycles. The van der Waals surface area contributed by atoms with Crippen molar-refractivity contribution in [3.05, 3.63) is 28.0 Å². The van der Waals surface area contributed by atoms with E-state index in [0.717, 1.165) is 12.1 Å². The summed E-state index contributed by atoms with van der Waals surface area (Å²) in [5.41, 5.74) is 5.42. The van der Waals surface area contributed by atoms with Gasteiger partial charge in [0.2, 0.25) is 0 Å². The molecule has 10 heavy (non-hydrogen) atoms. The number of hydrogen-bond acceptors (Lipinski definition) is 1. The summed E-state index contributed by atoms with van der Waals surface area (Å²) < 4.78 is 12.4. The molecule has 0 fully saturated rings. The lowest BCUT2D eigenvalue weighted by atomic mass is 10.3. The maximum atomic E-state index is 12.4. The third kappa shape index (κ3) is 1.33. The van der Waals surface area contributed by atoms with Crippen LogP contribution >= 0.6 is 23.2 Å². The number of rotatable bonds is 0. The molecule has 4 heteroatoms. The van der Waals surface area contributed by atoms with Gasteiger partial charge >= 0.3 is 0 Å². The maximum Gasteiger partial charge on any atom is 0.126 e. The van der Waals surface area contributed by atoms with E-state index in [4.69, 9.17) is 28.9 Å². The van der Waals surface area contributed by atoms with E-state index in [1.807, 2.05) is 0 Å². The van der Waals surface area contributed by atoms with Crippen LogP contribution in [0.4, 0.5) is 10.1 Å². The van der Waals surface area contributed by atoms with Crippen LogP contribution in [-0.2, 0) is 0 Å². The average Bonchev–Trinajstić information content (AvgIpc) is 1.82. The summed E-state index contributed by atoms with van der Waals surface area (Å²) >= 11 is 11.0. The Bertz CT molecular complexity index is 239. The second-order valence-electron chi connectivity index (χ2n) is 1.79. The molecule has 0 saturated carbocycles. The number of nitrogens with two attached hydrogens (primary N) is 1. The molecular weight excluding hydrogens is 176 g/mol. The topological polar surface area (TPSA) is 26.0 Å². The van der Waals surface area contributed by atoms with Crippen LogP contribution in [0.15, 0.2) is 12.1 Å². The van der Waals surface area contributed by atoms with E-state index in [1.54, 1.807) is 0 Å². The van der Waals surface area contributed by atoms with Crippen LogP contribution in [0.2, 0.25) is 10.0 Å². The van der Waals surface area contributed by atoms with Gasteiger partial charge in [0, 0.05) is 0 Å². The average molecular weight is 180 g/mol. The summed E-state index contributed by atoms with van der Waals surface area (Å²) in [6, 6.07) is 2.23. The lowest BCUT2D eigenvalue weighted by molar-refractivity contribution is 0.628. The van der Waals surface area contributed by atoms with Gasteiger partial charge in [-0.05, 0) is 12.1 Å². The lowest BCUT2D eigenvalue weighted by Crippen LogP contribution is -1.87. The van der Waals surface area contributed by atoms with Gasteiger partial charge in [0.05, 0.1) is 15.7 Å². The first kappa shape index (κ1) is 7.63. The van der Waals surface area contributed by atoms with Gasteiger partial charge in [0.25, 0.3) is 0 Å². The monoisotopic (exact) mass is 179 g/mol. The Hall–Kier alpha value is -0.470. The van der Waals surface area contributed by atoms with E-state index in [0.29, 0.717) is 0 Å². The van der Waals surface area contributed by atoms with Crippen LogP contribution in [0.1, 0.15) is 0 Å². The summed E-state index contributed by atoms with van der Waals surface area (Å²) in [6.45, 7) is 0. The highest BCUT2D eigenvalue weighted by molar-refractivity contribution is 6.43. The molecule has 0 aliphatic heterocycles. The molecule has 0 atom stereocenters. The van der Waals surface area contributed by atoms with Crippen molar-refractivity contribution < 1.29 is 4.39 Å². The van der Waals surface area contributed by atoms with Crippen LogP contribution in [0, 0.1) is 5.82 Å². The highest BCUT2D eigenvalue weighted by Crippen LogP contribution is 2.28. The molecule has 0 bridgehead atoms. The molecule has 0 saturated heterocycles. The van der Waals surface area contributed by atoms with Gasteiger partial charge in [-0.3, -0.25) is 0 Å². The van der Waals surface area contributed by atoms with Crippen molar-refractivity contribution in [2.75, 3.05) is 5.73 Å². The van der Waals surface area contributed by atoms with Crippen molar-refractivity contribution in [1.29, 1.82) is 0 Å². The minimum absolute atomic E-state index is 0.138. The predicted molar refractivity (Wildman–Crippen MR) is 40.8 cm³/mol. The number of halogens is 3. The Labute approximate surface area is 67.5 Å². The van der Waals surface area contributed by atoms with Crippen molar-refractivity contribution in [1.82, 2.24) is 0 Å². The SMILES string of the molecule is Nc1cc(F)cc(Cl)c1Cl. The molecule has 0 aliphatic rings. The Balaban J connectivity index is 3.31. The molecule has 1 aromatic rings. The van der Waals surface area contributed by atoms with Crippen molar-refractivity contribution in [3.8, 4) is 0 Å². The molecule has 1 nitrogen and oxygen atoms in total. The molecule has 2 N–H and O–H groups in total. The summed E-state index contributed by atoms with van der Waals surface area (Å²) in [5, 5.41) is 0.335. The fraction of sp³-hybridized carbons (Fsp3) is 0. The molecule has 0 aliphatic carbocycles. The van der Waals surface area contributed by atoms with Gasteiger partial charge in [-0.2, -0.15) is 0 Å². The van der Waals surface area contributed by atoms with E-state index < -0.39 is 5.82 Å². The summed E-state index contributed by atoms with van der Waals surface area (Å²) in [5.74, 6) is -0.480. The first-order valence-electron chi connectivity index (χ1n) is 2.51. The second kappa shape index (κ2) is 2.64.